The van der Waals surface area contributed by atoms with E-state index in [1.807, 2.05) is 49.4 Å². The van der Waals surface area contributed by atoms with Crippen molar-refractivity contribution in [3.63, 3.8) is 0 Å². The summed E-state index contributed by atoms with van der Waals surface area (Å²) < 4.78 is 7.26. The van der Waals surface area contributed by atoms with Gasteiger partial charge in [-0.15, -0.1) is 5.92 Å². The Labute approximate surface area is 162 Å². The number of aliphatic carboxylic acids is 1. The van der Waals surface area contributed by atoms with Gasteiger partial charge in [0.25, 0.3) is 0 Å². The first-order chi connectivity index (χ1) is 13.0. The fourth-order valence-corrected chi connectivity index (χ4v) is 3.33. The van der Waals surface area contributed by atoms with Crippen molar-refractivity contribution in [1.29, 1.82) is 0 Å². The third-order valence-electron chi connectivity index (χ3n) is 4.30. The average molecular weight is 383 g/mol. The van der Waals surface area contributed by atoms with E-state index >= 15 is 0 Å². The summed E-state index contributed by atoms with van der Waals surface area (Å²) in [5.74, 6) is 5.24. The fourth-order valence-electron chi connectivity index (χ4n) is 3.07. The van der Waals surface area contributed by atoms with Gasteiger partial charge in [-0.25, -0.2) is 0 Å². The Bertz CT molecular complexity index is 1030. The van der Waals surface area contributed by atoms with Crippen LogP contribution >= 0.6 is 11.8 Å². The number of ether oxygens (including phenoxy) is 1. The molecule has 6 heteroatoms. The molecular formula is C21H19ClN2O3. The number of carboxylic acid groups (broad SMARTS) is 1. The third-order valence-corrected chi connectivity index (χ3v) is 4.56. The Kier molecular flexibility index (Phi) is 5.68. The number of hydrogen-bond donors (Lipinski definition) is 1. The van der Waals surface area contributed by atoms with E-state index in [4.69, 9.17) is 21.6 Å². The lowest BCUT2D eigenvalue weighted by atomic mass is 9.96. The largest absolute Gasteiger partial charge is 0.489 e. The summed E-state index contributed by atoms with van der Waals surface area (Å²) >= 11 is 6.09. The van der Waals surface area contributed by atoms with E-state index in [0.717, 1.165) is 27.7 Å². The molecule has 3 rings (SSSR count). The van der Waals surface area contributed by atoms with Gasteiger partial charge in [0, 0.05) is 22.7 Å². The Morgan fingerprint density at radius 2 is 2.04 bits per heavy atom. The van der Waals surface area contributed by atoms with E-state index in [1.54, 1.807) is 6.92 Å². The summed E-state index contributed by atoms with van der Waals surface area (Å²) in [7, 11) is 0. The molecule has 0 spiro atoms. The average Bonchev–Trinajstić information content (AvgIpc) is 2.94. The normalized spacial score (nSPS) is 11.7. The van der Waals surface area contributed by atoms with Crippen molar-refractivity contribution in [2.75, 3.05) is 0 Å². The molecule has 0 saturated heterocycles. The Morgan fingerprint density at radius 1 is 1.30 bits per heavy atom. The molecule has 2 aromatic carbocycles. The molecular weight excluding hydrogens is 364 g/mol. The van der Waals surface area contributed by atoms with Crippen LogP contribution in [0.5, 0.6) is 5.75 Å². The second-order valence-corrected chi connectivity index (χ2v) is 6.48. The number of rotatable bonds is 6. The first kappa shape index (κ1) is 18.8. The highest BCUT2D eigenvalue weighted by Gasteiger charge is 2.14. The minimum absolute atomic E-state index is 0.0231. The van der Waals surface area contributed by atoms with E-state index in [1.165, 1.54) is 4.20 Å². The van der Waals surface area contributed by atoms with E-state index in [2.05, 4.69) is 16.9 Å². The summed E-state index contributed by atoms with van der Waals surface area (Å²) in [5.41, 5.74) is 3.56. The summed E-state index contributed by atoms with van der Waals surface area (Å²) in [4.78, 5) is 11.0. The molecule has 0 fully saturated rings. The molecule has 0 saturated carbocycles. The highest BCUT2D eigenvalue weighted by Crippen LogP contribution is 2.26. The molecule has 0 aliphatic carbocycles. The molecule has 0 unspecified atom stereocenters. The first-order valence-corrected chi connectivity index (χ1v) is 8.83. The van der Waals surface area contributed by atoms with Crippen molar-refractivity contribution >= 4 is 28.6 Å². The van der Waals surface area contributed by atoms with Gasteiger partial charge in [0.15, 0.2) is 0 Å². The van der Waals surface area contributed by atoms with Gasteiger partial charge in [-0.05, 0) is 37.6 Å². The van der Waals surface area contributed by atoms with Gasteiger partial charge in [0.2, 0.25) is 0 Å². The molecule has 1 atom stereocenters. The number of carboxylic acids is 1. The van der Waals surface area contributed by atoms with Crippen LogP contribution in [0.15, 0.2) is 42.5 Å². The second-order valence-electron chi connectivity index (χ2n) is 6.16. The van der Waals surface area contributed by atoms with Crippen LogP contribution in [0.2, 0.25) is 0 Å². The molecule has 138 valence electrons. The van der Waals surface area contributed by atoms with Crippen molar-refractivity contribution in [1.82, 2.24) is 9.30 Å². The first-order valence-electron chi connectivity index (χ1n) is 8.49. The minimum atomic E-state index is -0.869. The zero-order valence-corrected chi connectivity index (χ0v) is 15.8. The molecule has 1 heterocycles. The monoisotopic (exact) mass is 382 g/mol. The number of carbonyl (C=O) groups is 1. The van der Waals surface area contributed by atoms with Crippen LogP contribution < -0.4 is 4.74 Å². The Morgan fingerprint density at radius 3 is 2.70 bits per heavy atom. The molecule has 0 aliphatic heterocycles. The topological polar surface area (TPSA) is 64.3 Å². The smallest absolute Gasteiger partial charge is 0.304 e. The highest BCUT2D eigenvalue weighted by atomic mass is 35.5. The third kappa shape index (κ3) is 4.24. The SMILES string of the molecule is CC#C[C@@H](CC(=O)O)c1ccc(OCc2cccc3c2c(C)nn3Cl)cc1. The number of halogens is 1. The molecule has 3 aromatic rings. The van der Waals surface area contributed by atoms with E-state index in [-0.39, 0.29) is 12.3 Å². The van der Waals surface area contributed by atoms with Crippen molar-refractivity contribution in [2.24, 2.45) is 0 Å². The summed E-state index contributed by atoms with van der Waals surface area (Å²) in [5, 5.41) is 14.3. The quantitative estimate of drug-likeness (QED) is 0.637. The molecule has 1 N–H and O–H groups in total. The Balaban J connectivity index is 1.76. The zero-order valence-electron chi connectivity index (χ0n) is 15.1. The van der Waals surface area contributed by atoms with Crippen LogP contribution in [-0.2, 0) is 11.4 Å². The standard InChI is InChI=1S/C21H19ClN2O3/c1-3-5-16(12-20(25)26)15-8-10-18(11-9-15)27-13-17-6-4-7-19-21(17)14(2)23-24(19)22/h4,6-11,16H,12-13H2,1-2H3,(H,25,26)/t16-/m0/s1. The molecule has 1 aromatic heterocycles. The van der Waals surface area contributed by atoms with Gasteiger partial charge < -0.3 is 9.84 Å². The van der Waals surface area contributed by atoms with Gasteiger partial charge in [-0.1, -0.05) is 30.2 Å². The lowest BCUT2D eigenvalue weighted by molar-refractivity contribution is -0.137. The molecule has 0 amide bonds. The van der Waals surface area contributed by atoms with Crippen molar-refractivity contribution in [2.45, 2.75) is 32.8 Å². The minimum Gasteiger partial charge on any atom is -0.489 e. The maximum atomic E-state index is 11.0. The van der Waals surface area contributed by atoms with Crippen LogP contribution in [-0.4, -0.2) is 20.4 Å². The zero-order chi connectivity index (χ0) is 19.4. The number of hydrogen-bond acceptors (Lipinski definition) is 3. The maximum Gasteiger partial charge on any atom is 0.304 e. The van der Waals surface area contributed by atoms with E-state index < -0.39 is 5.97 Å². The lowest BCUT2D eigenvalue weighted by Crippen LogP contribution is -2.04. The van der Waals surface area contributed by atoms with Crippen molar-refractivity contribution < 1.29 is 14.6 Å². The summed E-state index contributed by atoms with van der Waals surface area (Å²) in [6.07, 6.45) is -0.0231. The molecule has 0 aliphatic rings. The van der Waals surface area contributed by atoms with Gasteiger partial charge >= 0.3 is 5.97 Å². The van der Waals surface area contributed by atoms with Crippen molar-refractivity contribution in [3.8, 4) is 17.6 Å². The molecule has 27 heavy (non-hydrogen) atoms. The number of fused-ring (bicyclic) bond motifs is 1. The van der Waals surface area contributed by atoms with Crippen LogP contribution in [0, 0.1) is 18.8 Å². The summed E-state index contributed by atoms with van der Waals surface area (Å²) in [6, 6.07) is 13.2. The van der Waals surface area contributed by atoms with Crippen LogP contribution in [0.25, 0.3) is 10.9 Å². The summed E-state index contributed by atoms with van der Waals surface area (Å²) in [6.45, 7) is 4.00. The molecule has 0 bridgehead atoms. The van der Waals surface area contributed by atoms with Crippen molar-refractivity contribution in [3.05, 3.63) is 59.3 Å². The van der Waals surface area contributed by atoms with Gasteiger partial charge in [-0.3, -0.25) is 4.79 Å². The van der Waals surface area contributed by atoms with Crippen LogP contribution in [0.4, 0.5) is 0 Å². The van der Waals surface area contributed by atoms with Gasteiger partial charge in [0.05, 0.1) is 23.5 Å². The van der Waals surface area contributed by atoms with Gasteiger partial charge in [0.1, 0.15) is 12.4 Å². The number of aromatic nitrogens is 2. The van der Waals surface area contributed by atoms with E-state index in [0.29, 0.717) is 12.4 Å². The lowest BCUT2D eigenvalue weighted by Gasteiger charge is -2.11. The Hall–Kier alpha value is -2.97. The van der Waals surface area contributed by atoms with Gasteiger partial charge in [-0.2, -0.15) is 9.30 Å². The predicted octanol–water partition coefficient (Wildman–Crippen LogP) is 4.51. The van der Waals surface area contributed by atoms with E-state index in [9.17, 15) is 4.79 Å². The predicted molar refractivity (Wildman–Crippen MR) is 105 cm³/mol. The van der Waals surface area contributed by atoms with Crippen LogP contribution in [0.3, 0.4) is 0 Å². The number of nitrogens with zero attached hydrogens (tertiary/aromatic N) is 2. The van der Waals surface area contributed by atoms with Crippen LogP contribution in [0.1, 0.15) is 36.1 Å². The number of aryl methyl sites for hydroxylation is 1. The maximum absolute atomic E-state index is 11.0. The molecule has 0 radical (unpaired) electrons. The highest BCUT2D eigenvalue weighted by molar-refractivity contribution is 6.18. The fraction of sp³-hybridized carbons (Fsp3) is 0.238. The number of benzene rings is 2. The second kappa shape index (κ2) is 8.15. The molecule has 5 nitrogen and oxygen atoms in total.